The van der Waals surface area contributed by atoms with Crippen LogP contribution in [0.2, 0.25) is 0 Å². The summed E-state index contributed by atoms with van der Waals surface area (Å²) < 4.78 is 5.26. The summed E-state index contributed by atoms with van der Waals surface area (Å²) in [5, 5.41) is 11.5. The maximum absolute atomic E-state index is 9.36. The molecular formula is C15H10N2O. The molecule has 3 rings (SSSR count). The molecule has 2 aromatic carbocycles. The third-order valence-electron chi connectivity index (χ3n) is 2.96. The Morgan fingerprint density at radius 3 is 2.72 bits per heavy atom. The van der Waals surface area contributed by atoms with Crippen LogP contribution in [0.1, 0.15) is 17.4 Å². The minimum Gasteiger partial charge on any atom is -0.447 e. The molecule has 0 aliphatic carbocycles. The van der Waals surface area contributed by atoms with Gasteiger partial charge in [-0.15, -0.1) is 0 Å². The molecule has 3 heteroatoms. The molecule has 3 aromatic rings. The molecule has 0 radical (unpaired) electrons. The normalized spacial score (nSPS) is 12.2. The molecule has 0 aliphatic heterocycles. The molecule has 0 saturated carbocycles. The Bertz CT molecular complexity index is 705. The molecule has 0 saturated heterocycles. The number of oxazole rings is 1. The fourth-order valence-corrected chi connectivity index (χ4v) is 2.14. The van der Waals surface area contributed by atoms with Crippen LogP contribution in [0.4, 0.5) is 0 Å². The van der Waals surface area contributed by atoms with Crippen molar-refractivity contribution in [3.63, 3.8) is 0 Å². The molecule has 0 N–H and O–H groups in total. The molecule has 1 atom stereocenters. The van der Waals surface area contributed by atoms with Crippen LogP contribution in [-0.2, 0) is 0 Å². The van der Waals surface area contributed by atoms with Crippen LogP contribution in [0.15, 0.2) is 59.3 Å². The van der Waals surface area contributed by atoms with E-state index < -0.39 is 5.92 Å². The first-order valence-electron chi connectivity index (χ1n) is 5.67. The Morgan fingerprint density at radius 2 is 1.94 bits per heavy atom. The van der Waals surface area contributed by atoms with Gasteiger partial charge in [-0.05, 0) is 16.3 Å². The average molecular weight is 234 g/mol. The van der Waals surface area contributed by atoms with E-state index >= 15 is 0 Å². The van der Waals surface area contributed by atoms with Gasteiger partial charge in [0.25, 0.3) is 0 Å². The van der Waals surface area contributed by atoms with Gasteiger partial charge in [0.1, 0.15) is 12.2 Å². The van der Waals surface area contributed by atoms with Gasteiger partial charge >= 0.3 is 0 Å². The first-order valence-corrected chi connectivity index (χ1v) is 5.67. The standard InChI is InChI=1S/C15H10N2O/c16-10-14(15-17-8-9-18-15)13-7-3-5-11-4-1-2-6-12(11)13/h1-9,14H. The van der Waals surface area contributed by atoms with E-state index in [1.807, 2.05) is 42.5 Å². The zero-order valence-electron chi connectivity index (χ0n) is 9.58. The molecule has 0 bridgehead atoms. The Hall–Kier alpha value is -2.60. The van der Waals surface area contributed by atoms with Gasteiger partial charge in [0.2, 0.25) is 5.89 Å². The van der Waals surface area contributed by atoms with E-state index in [1.165, 1.54) is 6.26 Å². The van der Waals surface area contributed by atoms with Crippen LogP contribution in [0.25, 0.3) is 10.8 Å². The maximum atomic E-state index is 9.36. The summed E-state index contributed by atoms with van der Waals surface area (Å²) in [6.07, 6.45) is 3.05. The Balaban J connectivity index is 2.22. The smallest absolute Gasteiger partial charge is 0.215 e. The number of hydrogen-bond acceptors (Lipinski definition) is 3. The van der Waals surface area contributed by atoms with E-state index in [1.54, 1.807) is 6.20 Å². The monoisotopic (exact) mass is 234 g/mol. The SMILES string of the molecule is N#CC(c1ncco1)c1cccc2ccccc12. The van der Waals surface area contributed by atoms with Crippen molar-refractivity contribution in [2.45, 2.75) is 5.92 Å². The number of aromatic nitrogens is 1. The van der Waals surface area contributed by atoms with Crippen molar-refractivity contribution in [2.75, 3.05) is 0 Å². The van der Waals surface area contributed by atoms with Crippen LogP contribution in [0.3, 0.4) is 0 Å². The van der Waals surface area contributed by atoms with Gasteiger partial charge in [0.15, 0.2) is 0 Å². The number of nitriles is 1. The van der Waals surface area contributed by atoms with Crippen LogP contribution in [0, 0.1) is 11.3 Å². The average Bonchev–Trinajstić information content (AvgIpc) is 2.94. The summed E-state index contributed by atoms with van der Waals surface area (Å²) in [5.41, 5.74) is 0.929. The van der Waals surface area contributed by atoms with E-state index in [0.29, 0.717) is 5.89 Å². The quantitative estimate of drug-likeness (QED) is 0.682. The molecule has 0 fully saturated rings. The second-order valence-electron chi connectivity index (χ2n) is 4.00. The summed E-state index contributed by atoms with van der Waals surface area (Å²) >= 11 is 0. The van der Waals surface area contributed by atoms with Gasteiger partial charge in [-0.25, -0.2) is 4.98 Å². The van der Waals surface area contributed by atoms with Crippen LogP contribution < -0.4 is 0 Å². The predicted octanol–water partition coefficient (Wildman–Crippen LogP) is 3.48. The minimum absolute atomic E-state index is 0.439. The molecule has 0 aliphatic rings. The Morgan fingerprint density at radius 1 is 1.11 bits per heavy atom. The Kier molecular flexibility index (Phi) is 2.54. The predicted molar refractivity (Wildman–Crippen MR) is 67.9 cm³/mol. The zero-order chi connectivity index (χ0) is 12.4. The highest BCUT2D eigenvalue weighted by atomic mass is 16.3. The maximum Gasteiger partial charge on any atom is 0.215 e. The van der Waals surface area contributed by atoms with Crippen molar-refractivity contribution in [1.82, 2.24) is 4.98 Å². The summed E-state index contributed by atoms with van der Waals surface area (Å²) in [5.74, 6) is -0.0278. The van der Waals surface area contributed by atoms with Crippen LogP contribution >= 0.6 is 0 Å². The lowest BCUT2D eigenvalue weighted by molar-refractivity contribution is 0.494. The van der Waals surface area contributed by atoms with E-state index in [2.05, 4.69) is 11.1 Å². The summed E-state index contributed by atoms with van der Waals surface area (Å²) in [7, 11) is 0. The van der Waals surface area contributed by atoms with Gasteiger partial charge < -0.3 is 4.42 Å². The molecule has 3 nitrogen and oxygen atoms in total. The van der Waals surface area contributed by atoms with Gasteiger partial charge in [-0.3, -0.25) is 0 Å². The molecule has 1 aromatic heterocycles. The molecular weight excluding hydrogens is 224 g/mol. The second-order valence-corrected chi connectivity index (χ2v) is 4.00. The second kappa shape index (κ2) is 4.34. The largest absolute Gasteiger partial charge is 0.447 e. The first-order chi connectivity index (χ1) is 8.90. The van der Waals surface area contributed by atoms with Gasteiger partial charge in [-0.1, -0.05) is 42.5 Å². The van der Waals surface area contributed by atoms with E-state index in [9.17, 15) is 5.26 Å². The van der Waals surface area contributed by atoms with Gasteiger partial charge in [-0.2, -0.15) is 5.26 Å². The van der Waals surface area contributed by atoms with Crippen molar-refractivity contribution in [1.29, 1.82) is 5.26 Å². The van der Waals surface area contributed by atoms with E-state index in [-0.39, 0.29) is 0 Å². The molecule has 0 spiro atoms. The van der Waals surface area contributed by atoms with E-state index in [4.69, 9.17) is 4.42 Å². The first kappa shape index (κ1) is 10.5. The minimum atomic E-state index is -0.467. The number of benzene rings is 2. The lowest BCUT2D eigenvalue weighted by Gasteiger charge is -2.09. The lowest BCUT2D eigenvalue weighted by Crippen LogP contribution is -1.99. The van der Waals surface area contributed by atoms with Crippen LogP contribution in [0.5, 0.6) is 0 Å². The summed E-state index contributed by atoms with van der Waals surface area (Å²) in [4.78, 5) is 4.08. The van der Waals surface area contributed by atoms with Crippen molar-refractivity contribution < 1.29 is 4.42 Å². The van der Waals surface area contributed by atoms with Gasteiger partial charge in [0.05, 0.1) is 12.3 Å². The number of fused-ring (bicyclic) bond motifs is 1. The number of hydrogen-bond donors (Lipinski definition) is 0. The molecule has 1 unspecified atom stereocenters. The lowest BCUT2D eigenvalue weighted by atomic mass is 9.94. The highest BCUT2D eigenvalue weighted by molar-refractivity contribution is 5.86. The highest BCUT2D eigenvalue weighted by Gasteiger charge is 2.19. The third kappa shape index (κ3) is 1.64. The summed E-state index contributed by atoms with van der Waals surface area (Å²) in [6, 6.07) is 16.2. The highest BCUT2D eigenvalue weighted by Crippen LogP contribution is 2.29. The van der Waals surface area contributed by atoms with Crippen molar-refractivity contribution in [3.8, 4) is 6.07 Å². The molecule has 86 valence electrons. The molecule has 0 amide bonds. The fraction of sp³-hybridized carbons (Fsp3) is 0.0667. The van der Waals surface area contributed by atoms with Crippen molar-refractivity contribution in [3.05, 3.63) is 66.4 Å². The number of rotatable bonds is 2. The molecule has 1 heterocycles. The van der Waals surface area contributed by atoms with Crippen molar-refractivity contribution >= 4 is 10.8 Å². The number of nitrogens with zero attached hydrogens (tertiary/aromatic N) is 2. The topological polar surface area (TPSA) is 49.8 Å². The zero-order valence-corrected chi connectivity index (χ0v) is 9.58. The van der Waals surface area contributed by atoms with Crippen molar-refractivity contribution in [2.24, 2.45) is 0 Å². The Labute approximate surface area is 104 Å². The molecule has 18 heavy (non-hydrogen) atoms. The summed E-state index contributed by atoms with van der Waals surface area (Å²) in [6.45, 7) is 0. The third-order valence-corrected chi connectivity index (χ3v) is 2.96. The van der Waals surface area contributed by atoms with E-state index in [0.717, 1.165) is 16.3 Å². The van der Waals surface area contributed by atoms with Crippen LogP contribution in [-0.4, -0.2) is 4.98 Å². The fourth-order valence-electron chi connectivity index (χ4n) is 2.14. The van der Waals surface area contributed by atoms with Gasteiger partial charge in [0, 0.05) is 0 Å².